The van der Waals surface area contributed by atoms with E-state index in [1.807, 2.05) is 0 Å². The first kappa shape index (κ1) is 21.3. The summed E-state index contributed by atoms with van der Waals surface area (Å²) < 4.78 is 39.9. The van der Waals surface area contributed by atoms with Gasteiger partial charge in [-0.2, -0.15) is 8.78 Å². The zero-order valence-electron chi connectivity index (χ0n) is 16.1. The Kier molecular flexibility index (Phi) is 6.65. The van der Waals surface area contributed by atoms with Crippen molar-refractivity contribution in [1.29, 1.82) is 0 Å². The minimum atomic E-state index is -2.98. The number of halogens is 2. The number of para-hydroxylation sites is 2. The number of nitro benzene ring substituents is 1. The van der Waals surface area contributed by atoms with Crippen molar-refractivity contribution in [2.45, 2.75) is 32.0 Å². The highest BCUT2D eigenvalue weighted by molar-refractivity contribution is 5.78. The molecule has 0 bridgehead atoms. The molecule has 1 aliphatic carbocycles. The molecule has 1 fully saturated rings. The van der Waals surface area contributed by atoms with Crippen LogP contribution in [0.1, 0.15) is 18.4 Å². The van der Waals surface area contributed by atoms with Crippen LogP contribution in [-0.2, 0) is 11.3 Å². The van der Waals surface area contributed by atoms with E-state index in [-0.39, 0.29) is 48.0 Å². The lowest BCUT2D eigenvalue weighted by Gasteiger charge is -2.23. The SMILES string of the molecule is COc1cc(CN(C(=O)COc2ccccc2[N+](=O)[O-])C2CC2)ccc1OC(F)F. The Balaban J connectivity index is 1.69. The van der Waals surface area contributed by atoms with Gasteiger partial charge >= 0.3 is 12.3 Å². The topological polar surface area (TPSA) is 91.1 Å². The van der Waals surface area contributed by atoms with Gasteiger partial charge in [0.2, 0.25) is 0 Å². The van der Waals surface area contributed by atoms with Crippen LogP contribution in [0.3, 0.4) is 0 Å². The van der Waals surface area contributed by atoms with E-state index >= 15 is 0 Å². The van der Waals surface area contributed by atoms with Crippen molar-refractivity contribution in [3.05, 3.63) is 58.1 Å². The molecule has 2 aromatic carbocycles. The normalized spacial score (nSPS) is 13.1. The zero-order chi connectivity index (χ0) is 21.7. The summed E-state index contributed by atoms with van der Waals surface area (Å²) in [7, 11) is 1.34. The molecule has 160 valence electrons. The molecule has 0 aromatic heterocycles. The number of ether oxygens (including phenoxy) is 3. The average Bonchev–Trinajstić information content (AvgIpc) is 3.56. The quantitative estimate of drug-likeness (QED) is 0.428. The number of methoxy groups -OCH3 is 1. The number of nitrogens with zero attached hydrogens (tertiary/aromatic N) is 2. The van der Waals surface area contributed by atoms with Crippen molar-refractivity contribution in [1.82, 2.24) is 4.90 Å². The summed E-state index contributed by atoms with van der Waals surface area (Å²) in [6, 6.07) is 10.3. The standard InChI is InChI=1S/C20H20F2N2O6/c1-28-18-10-13(6-9-17(18)30-20(21)22)11-23(14-7-8-14)19(25)12-29-16-5-3-2-4-15(16)24(26)27/h2-6,9-10,14,20H,7-8,11-12H2,1H3. The summed E-state index contributed by atoms with van der Waals surface area (Å²) in [5.41, 5.74) is 0.446. The van der Waals surface area contributed by atoms with Crippen molar-refractivity contribution >= 4 is 11.6 Å². The van der Waals surface area contributed by atoms with Crippen LogP contribution in [0.5, 0.6) is 17.2 Å². The Morgan fingerprint density at radius 1 is 1.20 bits per heavy atom. The molecule has 0 N–H and O–H groups in total. The Bertz CT molecular complexity index is 920. The van der Waals surface area contributed by atoms with Gasteiger partial charge in [0.25, 0.3) is 5.91 Å². The smallest absolute Gasteiger partial charge is 0.387 e. The van der Waals surface area contributed by atoms with Gasteiger partial charge in [-0.3, -0.25) is 14.9 Å². The third kappa shape index (κ3) is 5.34. The molecule has 0 spiro atoms. The van der Waals surface area contributed by atoms with Gasteiger partial charge in [-0.05, 0) is 36.6 Å². The first-order valence-electron chi connectivity index (χ1n) is 9.16. The number of rotatable bonds is 10. The molecular weight excluding hydrogens is 402 g/mol. The number of alkyl halides is 2. The summed E-state index contributed by atoms with van der Waals surface area (Å²) >= 11 is 0. The molecule has 0 atom stereocenters. The lowest BCUT2D eigenvalue weighted by Crippen LogP contribution is -2.36. The minimum absolute atomic E-state index is 0.0155. The van der Waals surface area contributed by atoms with E-state index in [1.165, 1.54) is 37.4 Å². The van der Waals surface area contributed by atoms with Crippen molar-refractivity contribution in [3.63, 3.8) is 0 Å². The van der Waals surface area contributed by atoms with Gasteiger partial charge in [-0.15, -0.1) is 0 Å². The summed E-state index contributed by atoms with van der Waals surface area (Å²) in [6.07, 6.45) is 1.67. The molecule has 0 heterocycles. The number of benzene rings is 2. The molecule has 0 unspecified atom stereocenters. The van der Waals surface area contributed by atoms with Gasteiger partial charge < -0.3 is 19.1 Å². The van der Waals surface area contributed by atoms with E-state index in [9.17, 15) is 23.7 Å². The molecule has 0 aliphatic heterocycles. The van der Waals surface area contributed by atoms with E-state index in [0.29, 0.717) is 5.56 Å². The fourth-order valence-electron chi connectivity index (χ4n) is 2.96. The van der Waals surface area contributed by atoms with E-state index in [1.54, 1.807) is 17.0 Å². The molecule has 10 heteroatoms. The molecule has 1 saturated carbocycles. The van der Waals surface area contributed by atoms with E-state index in [4.69, 9.17) is 9.47 Å². The maximum Gasteiger partial charge on any atom is 0.387 e. The highest BCUT2D eigenvalue weighted by atomic mass is 19.3. The van der Waals surface area contributed by atoms with Crippen molar-refractivity contribution in [3.8, 4) is 17.2 Å². The second-order valence-electron chi connectivity index (χ2n) is 6.63. The predicted molar refractivity (Wildman–Crippen MR) is 102 cm³/mol. The van der Waals surface area contributed by atoms with E-state index in [0.717, 1.165) is 12.8 Å². The van der Waals surface area contributed by atoms with Gasteiger partial charge in [0.1, 0.15) is 0 Å². The summed E-state index contributed by atoms with van der Waals surface area (Å²) in [4.78, 5) is 24.8. The molecule has 0 radical (unpaired) electrons. The zero-order valence-corrected chi connectivity index (χ0v) is 16.1. The maximum atomic E-state index is 12.7. The molecule has 1 amide bonds. The Hall–Kier alpha value is -3.43. The van der Waals surface area contributed by atoms with Crippen molar-refractivity contribution in [2.24, 2.45) is 0 Å². The largest absolute Gasteiger partial charge is 0.493 e. The van der Waals surface area contributed by atoms with Gasteiger partial charge in [-0.1, -0.05) is 18.2 Å². The van der Waals surface area contributed by atoms with Crippen molar-refractivity contribution < 1.29 is 32.7 Å². The maximum absolute atomic E-state index is 12.7. The Morgan fingerprint density at radius 2 is 1.93 bits per heavy atom. The molecule has 0 saturated heterocycles. The second-order valence-corrected chi connectivity index (χ2v) is 6.63. The van der Waals surface area contributed by atoms with Crippen LogP contribution in [0.15, 0.2) is 42.5 Å². The number of carbonyl (C=O) groups is 1. The average molecular weight is 422 g/mol. The highest BCUT2D eigenvalue weighted by Gasteiger charge is 2.33. The fraction of sp³-hybridized carbons (Fsp3) is 0.350. The van der Waals surface area contributed by atoms with E-state index in [2.05, 4.69) is 4.74 Å². The first-order chi connectivity index (χ1) is 14.4. The van der Waals surface area contributed by atoms with Crippen LogP contribution in [-0.4, -0.2) is 42.1 Å². The number of carbonyl (C=O) groups excluding carboxylic acids is 1. The number of hydrogen-bond donors (Lipinski definition) is 0. The van der Waals surface area contributed by atoms with Crippen LogP contribution in [0, 0.1) is 10.1 Å². The van der Waals surface area contributed by atoms with Crippen LogP contribution < -0.4 is 14.2 Å². The number of hydrogen-bond acceptors (Lipinski definition) is 6. The lowest BCUT2D eigenvalue weighted by molar-refractivity contribution is -0.385. The van der Waals surface area contributed by atoms with Crippen LogP contribution in [0.4, 0.5) is 14.5 Å². The third-order valence-corrected chi connectivity index (χ3v) is 4.52. The van der Waals surface area contributed by atoms with Gasteiger partial charge in [0.05, 0.1) is 12.0 Å². The molecule has 30 heavy (non-hydrogen) atoms. The second kappa shape index (κ2) is 9.38. The van der Waals surface area contributed by atoms with Crippen LogP contribution >= 0.6 is 0 Å². The first-order valence-corrected chi connectivity index (χ1v) is 9.16. The molecule has 3 rings (SSSR count). The summed E-state index contributed by atoms with van der Waals surface area (Å²) in [6.45, 7) is -3.12. The molecule has 1 aliphatic rings. The third-order valence-electron chi connectivity index (χ3n) is 4.52. The van der Waals surface area contributed by atoms with Crippen LogP contribution in [0.25, 0.3) is 0 Å². The fourth-order valence-corrected chi connectivity index (χ4v) is 2.96. The minimum Gasteiger partial charge on any atom is -0.493 e. The molecule has 8 nitrogen and oxygen atoms in total. The molecule has 2 aromatic rings. The summed E-state index contributed by atoms with van der Waals surface area (Å²) in [5, 5.41) is 11.1. The van der Waals surface area contributed by atoms with E-state index < -0.39 is 11.5 Å². The number of nitro groups is 1. The number of amides is 1. The Labute approximate surface area is 171 Å². The summed E-state index contributed by atoms with van der Waals surface area (Å²) in [5.74, 6) is -0.281. The Morgan fingerprint density at radius 3 is 2.57 bits per heavy atom. The monoisotopic (exact) mass is 422 g/mol. The van der Waals surface area contributed by atoms with Crippen LogP contribution in [0.2, 0.25) is 0 Å². The van der Waals surface area contributed by atoms with Crippen molar-refractivity contribution in [2.75, 3.05) is 13.7 Å². The highest BCUT2D eigenvalue weighted by Crippen LogP contribution is 2.33. The van der Waals surface area contributed by atoms with Gasteiger partial charge in [-0.25, -0.2) is 0 Å². The lowest BCUT2D eigenvalue weighted by atomic mass is 10.2. The molecular formula is C20H20F2N2O6. The predicted octanol–water partition coefficient (Wildman–Crippen LogP) is 3.77. The van der Waals surface area contributed by atoms with Gasteiger partial charge in [0, 0.05) is 18.7 Å². The van der Waals surface area contributed by atoms with Gasteiger partial charge in [0.15, 0.2) is 23.9 Å².